The lowest BCUT2D eigenvalue weighted by atomic mass is 10.4. The summed E-state index contributed by atoms with van der Waals surface area (Å²) in [6, 6.07) is -0.602. The Bertz CT molecular complexity index is 628. The molecule has 5 amide bonds. The van der Waals surface area contributed by atoms with E-state index in [4.69, 9.17) is 0 Å². The van der Waals surface area contributed by atoms with Crippen molar-refractivity contribution in [3.8, 4) is 0 Å². The average Bonchev–Trinajstić information content (AvgIpc) is 2.96. The van der Waals surface area contributed by atoms with E-state index in [1.807, 2.05) is 0 Å². The molecule has 0 spiro atoms. The standard InChI is InChI=1S/C11H14N6O4S/c1-16(2)9(20)3-8-14-15-10(22-8)12-6(18)4-17-5-7(19)13-11(17)21/h3-5H2,1-2H3,(H,12,15,18)(H,13,19,21). The molecule has 0 unspecified atom stereocenters. The van der Waals surface area contributed by atoms with Crippen molar-refractivity contribution in [1.82, 2.24) is 25.3 Å². The molecular formula is C11H14N6O4S. The quantitative estimate of drug-likeness (QED) is 0.645. The average molecular weight is 326 g/mol. The van der Waals surface area contributed by atoms with Crippen molar-refractivity contribution in [1.29, 1.82) is 0 Å². The molecule has 1 aromatic rings. The molecule has 1 aromatic heterocycles. The van der Waals surface area contributed by atoms with Crippen LogP contribution in [0, 0.1) is 0 Å². The summed E-state index contributed by atoms with van der Waals surface area (Å²) in [5, 5.41) is 12.8. The number of likely N-dealkylation sites (N-methyl/N-ethyl adjacent to an activating group) is 1. The second-order valence-electron chi connectivity index (χ2n) is 4.72. The summed E-state index contributed by atoms with van der Waals surface area (Å²) >= 11 is 1.08. The second-order valence-corrected chi connectivity index (χ2v) is 5.79. The Morgan fingerprint density at radius 3 is 2.68 bits per heavy atom. The number of imide groups is 1. The predicted octanol–water partition coefficient (Wildman–Crippen LogP) is -1.34. The summed E-state index contributed by atoms with van der Waals surface area (Å²) in [6.07, 6.45) is 0.101. The van der Waals surface area contributed by atoms with Crippen molar-refractivity contribution in [2.75, 3.05) is 32.5 Å². The maximum atomic E-state index is 11.8. The molecule has 1 aliphatic rings. The lowest BCUT2D eigenvalue weighted by Gasteiger charge is -2.11. The van der Waals surface area contributed by atoms with Crippen molar-refractivity contribution in [3.05, 3.63) is 5.01 Å². The van der Waals surface area contributed by atoms with E-state index < -0.39 is 17.8 Å². The number of nitrogens with zero attached hydrogens (tertiary/aromatic N) is 4. The van der Waals surface area contributed by atoms with E-state index in [9.17, 15) is 19.2 Å². The fourth-order valence-electron chi connectivity index (χ4n) is 1.61. The molecule has 10 nitrogen and oxygen atoms in total. The molecule has 0 bridgehead atoms. The molecule has 0 aromatic carbocycles. The fraction of sp³-hybridized carbons (Fsp3) is 0.455. The maximum absolute atomic E-state index is 11.8. The van der Waals surface area contributed by atoms with Crippen molar-refractivity contribution < 1.29 is 19.2 Å². The lowest BCUT2D eigenvalue weighted by Crippen LogP contribution is -2.35. The van der Waals surface area contributed by atoms with E-state index in [2.05, 4.69) is 20.8 Å². The van der Waals surface area contributed by atoms with Gasteiger partial charge >= 0.3 is 6.03 Å². The van der Waals surface area contributed by atoms with Crippen LogP contribution >= 0.6 is 11.3 Å². The van der Waals surface area contributed by atoms with E-state index in [-0.39, 0.29) is 30.5 Å². The molecule has 2 N–H and O–H groups in total. The van der Waals surface area contributed by atoms with Gasteiger partial charge < -0.3 is 9.80 Å². The SMILES string of the molecule is CN(C)C(=O)Cc1nnc(NC(=O)CN2CC(=O)NC2=O)s1. The molecular weight excluding hydrogens is 312 g/mol. The van der Waals surface area contributed by atoms with Gasteiger partial charge in [-0.05, 0) is 0 Å². The molecule has 0 saturated carbocycles. The Kier molecular flexibility index (Phi) is 4.65. The Morgan fingerprint density at radius 2 is 2.09 bits per heavy atom. The van der Waals surface area contributed by atoms with Gasteiger partial charge in [0.1, 0.15) is 18.1 Å². The number of urea groups is 1. The van der Waals surface area contributed by atoms with Crippen molar-refractivity contribution in [2.45, 2.75) is 6.42 Å². The minimum absolute atomic E-state index is 0.101. The number of anilines is 1. The van der Waals surface area contributed by atoms with Gasteiger partial charge in [0.15, 0.2) is 0 Å². The molecule has 1 saturated heterocycles. The highest BCUT2D eigenvalue weighted by Crippen LogP contribution is 2.16. The molecule has 118 valence electrons. The molecule has 0 atom stereocenters. The van der Waals surface area contributed by atoms with E-state index >= 15 is 0 Å². The van der Waals surface area contributed by atoms with Gasteiger partial charge in [-0.15, -0.1) is 10.2 Å². The minimum Gasteiger partial charge on any atom is -0.348 e. The first-order chi connectivity index (χ1) is 10.3. The molecule has 22 heavy (non-hydrogen) atoms. The maximum Gasteiger partial charge on any atom is 0.325 e. The monoisotopic (exact) mass is 326 g/mol. The minimum atomic E-state index is -0.602. The fourth-order valence-corrected chi connectivity index (χ4v) is 2.35. The first kappa shape index (κ1) is 15.8. The van der Waals surface area contributed by atoms with Crippen LogP contribution in [-0.2, 0) is 20.8 Å². The summed E-state index contributed by atoms with van der Waals surface area (Å²) in [4.78, 5) is 48.1. The molecule has 2 heterocycles. The summed E-state index contributed by atoms with van der Waals surface area (Å²) < 4.78 is 0. The number of amides is 5. The Hall–Kier alpha value is -2.56. The van der Waals surface area contributed by atoms with E-state index in [1.54, 1.807) is 14.1 Å². The van der Waals surface area contributed by atoms with Gasteiger partial charge in [-0.1, -0.05) is 11.3 Å². The van der Waals surface area contributed by atoms with Crippen LogP contribution in [0.1, 0.15) is 5.01 Å². The van der Waals surface area contributed by atoms with Crippen LogP contribution in [-0.4, -0.2) is 70.9 Å². The molecule has 1 fully saturated rings. The van der Waals surface area contributed by atoms with E-state index in [1.165, 1.54) is 4.90 Å². The highest BCUT2D eigenvalue weighted by molar-refractivity contribution is 7.15. The van der Waals surface area contributed by atoms with Crippen LogP contribution in [0.3, 0.4) is 0 Å². The molecule has 1 aliphatic heterocycles. The zero-order valence-corrected chi connectivity index (χ0v) is 12.8. The van der Waals surface area contributed by atoms with E-state index in [0.29, 0.717) is 5.01 Å². The highest BCUT2D eigenvalue weighted by Gasteiger charge is 2.28. The van der Waals surface area contributed by atoms with Crippen molar-refractivity contribution in [2.24, 2.45) is 0 Å². The van der Waals surface area contributed by atoms with Gasteiger partial charge in [-0.3, -0.25) is 25.0 Å². The Morgan fingerprint density at radius 1 is 1.36 bits per heavy atom. The second kappa shape index (κ2) is 6.47. The number of hydrogen-bond acceptors (Lipinski definition) is 7. The summed E-state index contributed by atoms with van der Waals surface area (Å²) in [5.41, 5.74) is 0. The van der Waals surface area contributed by atoms with Crippen LogP contribution in [0.15, 0.2) is 0 Å². The third kappa shape index (κ3) is 3.97. The first-order valence-corrected chi connectivity index (χ1v) is 7.08. The zero-order chi connectivity index (χ0) is 16.3. The molecule has 11 heteroatoms. The van der Waals surface area contributed by atoms with Crippen LogP contribution in [0.25, 0.3) is 0 Å². The van der Waals surface area contributed by atoms with Gasteiger partial charge in [0.05, 0.1) is 6.42 Å². The molecule has 2 rings (SSSR count). The van der Waals surface area contributed by atoms with Gasteiger partial charge in [0.25, 0.3) is 0 Å². The number of hydrogen-bond donors (Lipinski definition) is 2. The third-order valence-corrected chi connectivity index (χ3v) is 3.56. The first-order valence-electron chi connectivity index (χ1n) is 6.26. The number of rotatable bonds is 5. The predicted molar refractivity (Wildman–Crippen MR) is 76.0 cm³/mol. The van der Waals surface area contributed by atoms with E-state index in [0.717, 1.165) is 16.2 Å². The molecule has 0 radical (unpaired) electrons. The van der Waals surface area contributed by atoms with Crippen LogP contribution < -0.4 is 10.6 Å². The van der Waals surface area contributed by atoms with Crippen LogP contribution in [0.4, 0.5) is 9.93 Å². The lowest BCUT2D eigenvalue weighted by molar-refractivity contribution is -0.128. The van der Waals surface area contributed by atoms with Crippen LogP contribution in [0.5, 0.6) is 0 Å². The smallest absolute Gasteiger partial charge is 0.325 e. The van der Waals surface area contributed by atoms with Gasteiger partial charge in [0, 0.05) is 14.1 Å². The summed E-state index contributed by atoms with van der Waals surface area (Å²) in [6.45, 7) is -0.409. The highest BCUT2D eigenvalue weighted by atomic mass is 32.1. The van der Waals surface area contributed by atoms with Gasteiger partial charge in [0.2, 0.25) is 22.9 Å². The third-order valence-electron chi connectivity index (χ3n) is 2.72. The number of nitrogens with one attached hydrogen (secondary N) is 2. The summed E-state index contributed by atoms with van der Waals surface area (Å²) in [7, 11) is 3.27. The Balaban J connectivity index is 1.87. The van der Waals surface area contributed by atoms with Crippen molar-refractivity contribution in [3.63, 3.8) is 0 Å². The normalized spacial score (nSPS) is 14.0. The number of carbonyl (C=O) groups excluding carboxylic acids is 4. The van der Waals surface area contributed by atoms with Crippen LogP contribution in [0.2, 0.25) is 0 Å². The zero-order valence-electron chi connectivity index (χ0n) is 12.0. The van der Waals surface area contributed by atoms with Gasteiger partial charge in [-0.2, -0.15) is 0 Å². The Labute approximate surface area is 129 Å². The largest absolute Gasteiger partial charge is 0.348 e. The topological polar surface area (TPSA) is 125 Å². The number of aromatic nitrogens is 2. The van der Waals surface area contributed by atoms with Crippen molar-refractivity contribution >= 4 is 40.2 Å². The van der Waals surface area contributed by atoms with Gasteiger partial charge in [-0.25, -0.2) is 4.79 Å². The molecule has 0 aliphatic carbocycles. The summed E-state index contributed by atoms with van der Waals surface area (Å²) in [5.74, 6) is -1.06. The number of carbonyl (C=O) groups is 4.